The number of hydrogen-bond acceptors (Lipinski definition) is 4. The van der Waals surface area contributed by atoms with Gasteiger partial charge in [-0.1, -0.05) is 36.9 Å². The van der Waals surface area contributed by atoms with E-state index in [2.05, 4.69) is 15.3 Å². The van der Waals surface area contributed by atoms with E-state index in [-0.39, 0.29) is 16.7 Å². The van der Waals surface area contributed by atoms with E-state index >= 15 is 0 Å². The first kappa shape index (κ1) is 18.3. The van der Waals surface area contributed by atoms with Gasteiger partial charge in [0.2, 0.25) is 5.91 Å². The van der Waals surface area contributed by atoms with Crippen molar-refractivity contribution in [2.75, 3.05) is 5.32 Å². The molecule has 0 bridgehead atoms. The number of nitrogens with one attached hydrogen (secondary N) is 2. The van der Waals surface area contributed by atoms with Gasteiger partial charge in [-0.3, -0.25) is 9.59 Å². The topological polar surface area (TPSA) is 74.8 Å². The number of thioether (sulfide) groups is 1. The Morgan fingerprint density at radius 3 is 2.50 bits per heavy atom. The number of para-hydroxylation sites is 1. The quantitative estimate of drug-likeness (QED) is 0.643. The Labute approximate surface area is 146 Å². The van der Waals surface area contributed by atoms with Crippen LogP contribution in [0.15, 0.2) is 28.2 Å². The normalized spacial score (nSPS) is 12.0. The average molecular weight is 345 g/mol. The molecule has 6 heteroatoms. The summed E-state index contributed by atoms with van der Waals surface area (Å²) in [6.07, 6.45) is 0.687. The van der Waals surface area contributed by atoms with Crippen molar-refractivity contribution in [2.24, 2.45) is 0 Å². The molecule has 0 spiro atoms. The largest absolute Gasteiger partial charge is 0.325 e. The number of anilines is 1. The number of rotatable bonds is 5. The van der Waals surface area contributed by atoms with Gasteiger partial charge in [0, 0.05) is 11.3 Å². The highest BCUT2D eigenvalue weighted by Gasteiger charge is 2.18. The van der Waals surface area contributed by atoms with Crippen molar-refractivity contribution >= 4 is 23.4 Å². The summed E-state index contributed by atoms with van der Waals surface area (Å²) in [4.78, 5) is 31.6. The zero-order valence-electron chi connectivity index (χ0n) is 14.7. The van der Waals surface area contributed by atoms with E-state index in [9.17, 15) is 9.59 Å². The molecule has 0 saturated carbocycles. The third kappa shape index (κ3) is 4.06. The lowest BCUT2D eigenvalue weighted by atomic mass is 10.1. The summed E-state index contributed by atoms with van der Waals surface area (Å²) in [5, 5.41) is 3.08. The number of aryl methyl sites for hydroxylation is 3. The Kier molecular flexibility index (Phi) is 5.83. The number of hydrogen-bond donors (Lipinski definition) is 2. The minimum Gasteiger partial charge on any atom is -0.325 e. The van der Waals surface area contributed by atoms with Gasteiger partial charge in [-0.05, 0) is 45.2 Å². The smallest absolute Gasteiger partial charge is 0.254 e. The lowest BCUT2D eigenvalue weighted by molar-refractivity contribution is -0.115. The second-order valence-corrected chi connectivity index (χ2v) is 7.14. The number of carbonyl (C=O) groups is 1. The van der Waals surface area contributed by atoms with Crippen LogP contribution in [0.25, 0.3) is 0 Å². The molecule has 1 atom stereocenters. The van der Waals surface area contributed by atoms with E-state index in [1.165, 1.54) is 11.8 Å². The van der Waals surface area contributed by atoms with Crippen molar-refractivity contribution in [3.8, 4) is 0 Å². The van der Waals surface area contributed by atoms with Crippen LogP contribution in [0.5, 0.6) is 0 Å². The highest BCUT2D eigenvalue weighted by atomic mass is 32.2. The number of aromatic nitrogens is 2. The fourth-order valence-corrected chi connectivity index (χ4v) is 3.23. The molecule has 2 N–H and O–H groups in total. The van der Waals surface area contributed by atoms with Crippen LogP contribution in [-0.2, 0) is 11.2 Å². The highest BCUT2D eigenvalue weighted by molar-refractivity contribution is 8.00. The molecule has 2 rings (SSSR count). The molecule has 1 aromatic carbocycles. The molecule has 1 heterocycles. The van der Waals surface area contributed by atoms with Crippen LogP contribution in [0.1, 0.15) is 36.2 Å². The third-order valence-electron chi connectivity index (χ3n) is 3.95. The van der Waals surface area contributed by atoms with Gasteiger partial charge in [0.1, 0.15) is 0 Å². The maximum Gasteiger partial charge on any atom is 0.254 e. The van der Waals surface area contributed by atoms with Crippen LogP contribution in [-0.4, -0.2) is 21.1 Å². The van der Waals surface area contributed by atoms with E-state index < -0.39 is 0 Å². The monoisotopic (exact) mass is 345 g/mol. The van der Waals surface area contributed by atoms with Gasteiger partial charge in [0.15, 0.2) is 5.16 Å². The predicted octanol–water partition coefficient (Wildman–Crippen LogP) is 3.38. The molecular formula is C18H23N3O2S. The Balaban J connectivity index is 2.15. The van der Waals surface area contributed by atoms with E-state index in [1.54, 1.807) is 13.8 Å². The number of benzene rings is 1. The number of amides is 1. The minimum absolute atomic E-state index is 0.112. The van der Waals surface area contributed by atoms with E-state index in [0.717, 1.165) is 22.5 Å². The number of carbonyl (C=O) groups excluding carboxylic acids is 1. The van der Waals surface area contributed by atoms with Crippen LogP contribution < -0.4 is 10.9 Å². The van der Waals surface area contributed by atoms with E-state index in [0.29, 0.717) is 17.1 Å². The minimum atomic E-state index is -0.375. The van der Waals surface area contributed by atoms with E-state index in [1.807, 2.05) is 39.0 Å². The maximum absolute atomic E-state index is 12.5. The van der Waals surface area contributed by atoms with Crippen molar-refractivity contribution < 1.29 is 4.79 Å². The van der Waals surface area contributed by atoms with E-state index in [4.69, 9.17) is 0 Å². The highest BCUT2D eigenvalue weighted by Crippen LogP contribution is 2.24. The zero-order valence-corrected chi connectivity index (χ0v) is 15.5. The predicted molar refractivity (Wildman–Crippen MR) is 98.8 cm³/mol. The first-order valence-electron chi connectivity index (χ1n) is 7.97. The molecule has 0 aliphatic carbocycles. The molecular weight excluding hydrogens is 322 g/mol. The van der Waals surface area contributed by atoms with Gasteiger partial charge in [0.05, 0.1) is 10.9 Å². The Hall–Kier alpha value is -2.08. The van der Waals surface area contributed by atoms with Crippen molar-refractivity contribution in [2.45, 2.75) is 51.4 Å². The second-order valence-electron chi connectivity index (χ2n) is 5.81. The first-order valence-corrected chi connectivity index (χ1v) is 8.85. The van der Waals surface area contributed by atoms with Gasteiger partial charge in [0.25, 0.3) is 5.56 Å². The molecule has 1 aromatic heterocycles. The molecule has 1 unspecified atom stereocenters. The first-order chi connectivity index (χ1) is 11.3. The number of nitrogens with zero attached hydrogens (tertiary/aromatic N) is 1. The van der Waals surface area contributed by atoms with Crippen LogP contribution in [0.2, 0.25) is 0 Å². The van der Waals surface area contributed by atoms with Crippen molar-refractivity contribution in [3.63, 3.8) is 0 Å². The van der Waals surface area contributed by atoms with Crippen molar-refractivity contribution in [3.05, 3.63) is 50.9 Å². The van der Waals surface area contributed by atoms with Gasteiger partial charge >= 0.3 is 0 Å². The second kappa shape index (κ2) is 7.66. The lowest BCUT2D eigenvalue weighted by Gasteiger charge is -2.15. The molecule has 0 aliphatic rings. The van der Waals surface area contributed by atoms with Gasteiger partial charge < -0.3 is 10.3 Å². The molecule has 5 nitrogen and oxygen atoms in total. The summed E-state index contributed by atoms with van der Waals surface area (Å²) >= 11 is 1.26. The molecule has 0 saturated heterocycles. The van der Waals surface area contributed by atoms with Gasteiger partial charge in [-0.25, -0.2) is 4.98 Å². The fraction of sp³-hybridized carbons (Fsp3) is 0.389. The standard InChI is InChI=1S/C18H23N3O2S/c1-6-14-12(4)16(22)21-18(19-14)24-13(5)17(23)20-15-10(2)8-7-9-11(15)3/h7-9,13H,6H2,1-5H3,(H,20,23)(H,19,21,22). The Morgan fingerprint density at radius 1 is 1.29 bits per heavy atom. The number of H-pyrrole nitrogens is 1. The summed E-state index contributed by atoms with van der Waals surface area (Å²) in [6, 6.07) is 5.89. The molecule has 1 amide bonds. The van der Waals surface area contributed by atoms with Gasteiger partial charge in [-0.2, -0.15) is 0 Å². The molecule has 2 aromatic rings. The number of aromatic amines is 1. The SMILES string of the molecule is CCc1nc(SC(C)C(=O)Nc2c(C)cccc2C)[nH]c(=O)c1C. The van der Waals surface area contributed by atoms with Crippen LogP contribution in [0, 0.1) is 20.8 Å². The molecule has 0 aliphatic heterocycles. The van der Waals surface area contributed by atoms with Crippen molar-refractivity contribution in [1.29, 1.82) is 0 Å². The summed E-state index contributed by atoms with van der Waals surface area (Å²) < 4.78 is 0. The van der Waals surface area contributed by atoms with Crippen molar-refractivity contribution in [1.82, 2.24) is 9.97 Å². The molecule has 128 valence electrons. The van der Waals surface area contributed by atoms with Crippen LogP contribution in [0.4, 0.5) is 5.69 Å². The summed E-state index contributed by atoms with van der Waals surface area (Å²) in [5.74, 6) is -0.112. The van der Waals surface area contributed by atoms with Crippen LogP contribution >= 0.6 is 11.8 Å². The fourth-order valence-electron chi connectivity index (χ4n) is 2.41. The Bertz CT molecular complexity index is 794. The lowest BCUT2D eigenvalue weighted by Crippen LogP contribution is -2.24. The molecule has 0 fully saturated rings. The van der Waals surface area contributed by atoms with Crippen LogP contribution in [0.3, 0.4) is 0 Å². The Morgan fingerprint density at radius 2 is 1.92 bits per heavy atom. The maximum atomic E-state index is 12.5. The molecule has 24 heavy (non-hydrogen) atoms. The zero-order chi connectivity index (χ0) is 17.9. The average Bonchev–Trinajstić information content (AvgIpc) is 2.54. The molecule has 0 radical (unpaired) electrons. The summed E-state index contributed by atoms with van der Waals surface area (Å²) in [6.45, 7) is 9.45. The summed E-state index contributed by atoms with van der Waals surface area (Å²) in [7, 11) is 0. The summed E-state index contributed by atoms with van der Waals surface area (Å²) in [5.41, 5.74) is 4.14. The third-order valence-corrected chi connectivity index (χ3v) is 4.94. The van der Waals surface area contributed by atoms with Gasteiger partial charge in [-0.15, -0.1) is 0 Å².